The lowest BCUT2D eigenvalue weighted by Crippen LogP contribution is -2.51. The molecule has 31 heavy (non-hydrogen) atoms. The van der Waals surface area contributed by atoms with Crippen LogP contribution in [-0.2, 0) is 21.2 Å². The third kappa shape index (κ3) is 4.64. The zero-order chi connectivity index (χ0) is 22.4. The van der Waals surface area contributed by atoms with Gasteiger partial charge in [-0.05, 0) is 48.4 Å². The molecule has 0 atom stereocenters. The number of rotatable bonds is 3. The number of carbonyl (C=O) groups is 1. The number of halogens is 4. The fraction of sp³-hybridized carbons (Fsp3) is 0.350. The van der Waals surface area contributed by atoms with Gasteiger partial charge in [-0.25, -0.2) is 8.42 Å². The van der Waals surface area contributed by atoms with Crippen LogP contribution in [0.15, 0.2) is 51.8 Å². The fourth-order valence-corrected chi connectivity index (χ4v) is 6.36. The standard InChI is InChI=1S/C20H19BrCl3N3O3S/c21-15-2-1-3-17(13-15)31(29,30)27-7-6-14-12-16(4-5-18(14)27)25-8-10-26(11-9-25)19(28)20(22,23)24/h1-5,12-13H,6-11H2. The van der Waals surface area contributed by atoms with Gasteiger partial charge in [-0.3, -0.25) is 9.10 Å². The van der Waals surface area contributed by atoms with Gasteiger partial charge in [-0.2, -0.15) is 0 Å². The minimum Gasteiger partial charge on any atom is -0.368 e. The van der Waals surface area contributed by atoms with Crippen LogP contribution in [0.5, 0.6) is 0 Å². The number of amides is 1. The van der Waals surface area contributed by atoms with Gasteiger partial charge in [0, 0.05) is 42.9 Å². The summed E-state index contributed by atoms with van der Waals surface area (Å²) in [7, 11) is -3.64. The summed E-state index contributed by atoms with van der Waals surface area (Å²) in [5.74, 6) is -0.514. The van der Waals surface area contributed by atoms with Gasteiger partial charge in [0.15, 0.2) is 0 Å². The Morgan fingerprint density at radius 3 is 2.32 bits per heavy atom. The van der Waals surface area contributed by atoms with Crippen LogP contribution in [0.1, 0.15) is 5.56 Å². The van der Waals surface area contributed by atoms with E-state index in [1.54, 1.807) is 29.2 Å². The summed E-state index contributed by atoms with van der Waals surface area (Å²) in [6.07, 6.45) is 0.641. The maximum atomic E-state index is 13.1. The highest BCUT2D eigenvalue weighted by Gasteiger charge is 2.37. The average Bonchev–Trinajstić information content (AvgIpc) is 3.17. The molecule has 0 aromatic heterocycles. The molecule has 0 N–H and O–H groups in total. The summed E-state index contributed by atoms with van der Waals surface area (Å²) < 4.78 is 26.5. The van der Waals surface area contributed by atoms with Gasteiger partial charge in [0.1, 0.15) is 0 Å². The van der Waals surface area contributed by atoms with E-state index in [9.17, 15) is 13.2 Å². The van der Waals surface area contributed by atoms with Crippen molar-refractivity contribution in [1.82, 2.24) is 4.90 Å². The van der Waals surface area contributed by atoms with Crippen molar-refractivity contribution in [2.45, 2.75) is 15.1 Å². The van der Waals surface area contributed by atoms with Gasteiger partial charge in [-0.15, -0.1) is 0 Å². The number of sulfonamides is 1. The Bertz CT molecular complexity index is 1120. The molecule has 0 spiro atoms. The minimum atomic E-state index is -3.64. The maximum Gasteiger partial charge on any atom is 0.274 e. The maximum absolute atomic E-state index is 13.1. The lowest BCUT2D eigenvalue weighted by molar-refractivity contribution is -0.130. The number of hydrogen-bond acceptors (Lipinski definition) is 4. The van der Waals surface area contributed by atoms with Crippen molar-refractivity contribution in [2.24, 2.45) is 0 Å². The molecule has 166 valence electrons. The zero-order valence-electron chi connectivity index (χ0n) is 16.3. The van der Waals surface area contributed by atoms with Crippen molar-refractivity contribution in [3.63, 3.8) is 0 Å². The van der Waals surface area contributed by atoms with Gasteiger partial charge < -0.3 is 9.80 Å². The Balaban J connectivity index is 1.50. The third-order valence-corrected chi connectivity index (χ3v) is 8.26. The van der Waals surface area contributed by atoms with Crippen molar-refractivity contribution in [1.29, 1.82) is 0 Å². The molecule has 0 bridgehead atoms. The second-order valence-corrected chi connectivity index (χ2v) is 12.4. The molecule has 0 unspecified atom stereocenters. The second kappa shape index (κ2) is 8.63. The molecule has 1 amide bonds. The van der Waals surface area contributed by atoms with E-state index in [4.69, 9.17) is 34.8 Å². The summed E-state index contributed by atoms with van der Waals surface area (Å²) in [5, 5.41) is 0. The Morgan fingerprint density at radius 2 is 1.68 bits per heavy atom. The van der Waals surface area contributed by atoms with Gasteiger partial charge in [0.05, 0.1) is 10.6 Å². The minimum absolute atomic E-state index is 0.258. The van der Waals surface area contributed by atoms with Gasteiger partial charge in [-0.1, -0.05) is 56.8 Å². The summed E-state index contributed by atoms with van der Waals surface area (Å²) in [6, 6.07) is 12.5. The van der Waals surface area contributed by atoms with Crippen LogP contribution in [0.3, 0.4) is 0 Å². The van der Waals surface area contributed by atoms with E-state index in [-0.39, 0.29) is 4.90 Å². The van der Waals surface area contributed by atoms with Crippen LogP contribution in [-0.4, -0.2) is 55.7 Å². The number of piperazine rings is 1. The SMILES string of the molecule is O=C(N1CCN(c2ccc3c(c2)CCN3S(=O)(=O)c2cccc(Br)c2)CC1)C(Cl)(Cl)Cl. The van der Waals surface area contributed by atoms with E-state index in [0.29, 0.717) is 44.8 Å². The first-order chi connectivity index (χ1) is 14.6. The number of benzene rings is 2. The van der Waals surface area contributed by atoms with E-state index < -0.39 is 19.7 Å². The Kier molecular flexibility index (Phi) is 6.40. The number of carbonyl (C=O) groups excluding carboxylic acids is 1. The van der Waals surface area contributed by atoms with Crippen LogP contribution in [0.4, 0.5) is 11.4 Å². The first-order valence-corrected chi connectivity index (χ1v) is 13.0. The fourth-order valence-electron chi connectivity index (χ4n) is 3.91. The van der Waals surface area contributed by atoms with Crippen LogP contribution in [0.2, 0.25) is 0 Å². The number of hydrogen-bond donors (Lipinski definition) is 0. The van der Waals surface area contributed by atoms with E-state index in [0.717, 1.165) is 15.7 Å². The molecule has 2 aromatic carbocycles. The molecule has 6 nitrogen and oxygen atoms in total. The van der Waals surface area contributed by atoms with E-state index in [2.05, 4.69) is 20.8 Å². The van der Waals surface area contributed by atoms with E-state index in [1.807, 2.05) is 18.2 Å². The van der Waals surface area contributed by atoms with Crippen LogP contribution >= 0.6 is 50.7 Å². The Morgan fingerprint density at radius 1 is 0.968 bits per heavy atom. The quantitative estimate of drug-likeness (QED) is 0.522. The average molecular weight is 568 g/mol. The summed E-state index contributed by atoms with van der Waals surface area (Å²) >= 11 is 20.5. The van der Waals surface area contributed by atoms with E-state index >= 15 is 0 Å². The predicted molar refractivity (Wildman–Crippen MR) is 128 cm³/mol. The van der Waals surface area contributed by atoms with Crippen LogP contribution < -0.4 is 9.21 Å². The molecular formula is C20H19BrCl3N3O3S. The normalized spacial score (nSPS) is 17.1. The molecule has 0 radical (unpaired) electrons. The summed E-state index contributed by atoms with van der Waals surface area (Å²) in [6.45, 7) is 2.51. The summed E-state index contributed by atoms with van der Waals surface area (Å²) in [5.41, 5.74) is 2.67. The largest absolute Gasteiger partial charge is 0.368 e. The number of nitrogens with zero attached hydrogens (tertiary/aromatic N) is 3. The van der Waals surface area contributed by atoms with E-state index in [1.165, 1.54) is 4.31 Å². The van der Waals surface area contributed by atoms with Gasteiger partial charge in [0.25, 0.3) is 19.7 Å². The predicted octanol–water partition coefficient (Wildman–Crippen LogP) is 4.22. The topological polar surface area (TPSA) is 60.9 Å². The second-order valence-electron chi connectivity index (χ2n) is 7.37. The highest BCUT2D eigenvalue weighted by Crippen LogP contribution is 2.36. The number of fused-ring (bicyclic) bond motifs is 1. The molecule has 1 saturated heterocycles. The first-order valence-electron chi connectivity index (χ1n) is 9.59. The van der Waals surface area contributed by atoms with Crippen molar-refractivity contribution in [3.8, 4) is 0 Å². The zero-order valence-corrected chi connectivity index (χ0v) is 20.9. The lowest BCUT2D eigenvalue weighted by atomic mass is 10.1. The van der Waals surface area contributed by atoms with Gasteiger partial charge in [0.2, 0.25) is 0 Å². The molecule has 2 aromatic rings. The van der Waals surface area contributed by atoms with Crippen molar-refractivity contribution >= 4 is 78.0 Å². The van der Waals surface area contributed by atoms with Crippen LogP contribution in [0, 0.1) is 0 Å². The molecule has 4 rings (SSSR count). The van der Waals surface area contributed by atoms with Crippen molar-refractivity contribution < 1.29 is 13.2 Å². The summed E-state index contributed by atoms with van der Waals surface area (Å²) in [4.78, 5) is 16.1. The molecule has 1 fully saturated rings. The van der Waals surface area contributed by atoms with Gasteiger partial charge >= 0.3 is 0 Å². The highest BCUT2D eigenvalue weighted by molar-refractivity contribution is 9.10. The molecule has 2 heterocycles. The molecular weight excluding hydrogens is 549 g/mol. The Labute approximate surface area is 204 Å². The number of anilines is 2. The molecule has 0 aliphatic carbocycles. The first kappa shape index (κ1) is 23.0. The lowest BCUT2D eigenvalue weighted by Gasteiger charge is -2.37. The highest BCUT2D eigenvalue weighted by atomic mass is 79.9. The van der Waals surface area contributed by atoms with Crippen molar-refractivity contribution in [3.05, 3.63) is 52.5 Å². The smallest absolute Gasteiger partial charge is 0.274 e. The van der Waals surface area contributed by atoms with Crippen LogP contribution in [0.25, 0.3) is 0 Å². The molecule has 2 aliphatic rings. The molecule has 0 saturated carbocycles. The number of alkyl halides is 3. The Hall–Kier alpha value is -1.19. The monoisotopic (exact) mass is 565 g/mol. The van der Waals surface area contributed by atoms with Crippen molar-refractivity contribution in [2.75, 3.05) is 41.9 Å². The molecule has 11 heteroatoms. The third-order valence-electron chi connectivity index (χ3n) is 5.47. The molecule has 2 aliphatic heterocycles.